The number of hydrogen-bond donors (Lipinski definition) is 1. The predicted octanol–water partition coefficient (Wildman–Crippen LogP) is 3.06. The standard InChI is InChI=1S/C15H25FN2/c1-12(2)11-17-9-10-18(4)13(3)14-7-5-6-8-15(14)16/h5-8,12-13,17H,9-11H2,1-4H3. The molecule has 102 valence electrons. The van der Waals surface area contributed by atoms with Gasteiger partial charge >= 0.3 is 0 Å². The van der Waals surface area contributed by atoms with Crippen LogP contribution in [0.5, 0.6) is 0 Å². The van der Waals surface area contributed by atoms with Gasteiger partial charge in [-0.25, -0.2) is 4.39 Å². The maximum Gasteiger partial charge on any atom is 0.127 e. The minimum atomic E-state index is -0.119. The Morgan fingerprint density at radius 2 is 1.89 bits per heavy atom. The number of benzene rings is 1. The van der Waals surface area contributed by atoms with Crippen molar-refractivity contribution >= 4 is 0 Å². The van der Waals surface area contributed by atoms with Gasteiger partial charge in [0.25, 0.3) is 0 Å². The van der Waals surface area contributed by atoms with Crippen LogP contribution < -0.4 is 5.32 Å². The number of nitrogens with zero attached hydrogens (tertiary/aromatic N) is 1. The van der Waals surface area contributed by atoms with Gasteiger partial charge in [0.05, 0.1) is 0 Å². The molecule has 0 aromatic heterocycles. The number of likely N-dealkylation sites (N-methyl/N-ethyl adjacent to an activating group) is 1. The van der Waals surface area contributed by atoms with E-state index in [1.54, 1.807) is 6.07 Å². The monoisotopic (exact) mass is 252 g/mol. The van der Waals surface area contributed by atoms with Gasteiger partial charge in [0, 0.05) is 24.7 Å². The summed E-state index contributed by atoms with van der Waals surface area (Å²) >= 11 is 0. The minimum absolute atomic E-state index is 0.104. The molecule has 0 spiro atoms. The molecule has 0 aliphatic carbocycles. The normalized spacial score (nSPS) is 13.3. The Balaban J connectivity index is 2.42. The third kappa shape index (κ3) is 4.75. The zero-order valence-electron chi connectivity index (χ0n) is 11.9. The summed E-state index contributed by atoms with van der Waals surface area (Å²) in [6, 6.07) is 7.11. The van der Waals surface area contributed by atoms with Gasteiger partial charge in [-0.1, -0.05) is 32.0 Å². The van der Waals surface area contributed by atoms with Crippen LogP contribution in [-0.2, 0) is 0 Å². The van der Waals surface area contributed by atoms with Crippen molar-refractivity contribution in [3.8, 4) is 0 Å². The summed E-state index contributed by atoms with van der Waals surface area (Å²) in [6.45, 7) is 9.32. The molecular formula is C15H25FN2. The van der Waals surface area contributed by atoms with Crippen molar-refractivity contribution in [2.45, 2.75) is 26.8 Å². The Hall–Kier alpha value is -0.930. The third-order valence-corrected chi connectivity index (χ3v) is 3.21. The first-order valence-electron chi connectivity index (χ1n) is 6.67. The summed E-state index contributed by atoms with van der Waals surface area (Å²) in [4.78, 5) is 2.17. The summed E-state index contributed by atoms with van der Waals surface area (Å²) in [5.41, 5.74) is 0.767. The Morgan fingerprint density at radius 1 is 1.22 bits per heavy atom. The minimum Gasteiger partial charge on any atom is -0.315 e. The first kappa shape index (κ1) is 15.1. The first-order valence-corrected chi connectivity index (χ1v) is 6.67. The topological polar surface area (TPSA) is 15.3 Å². The van der Waals surface area contributed by atoms with Crippen LogP contribution in [0.15, 0.2) is 24.3 Å². The van der Waals surface area contributed by atoms with Gasteiger partial charge in [0.1, 0.15) is 5.82 Å². The van der Waals surface area contributed by atoms with Gasteiger partial charge in [-0.05, 0) is 32.5 Å². The second-order valence-electron chi connectivity index (χ2n) is 5.28. The van der Waals surface area contributed by atoms with E-state index in [9.17, 15) is 4.39 Å². The molecular weight excluding hydrogens is 227 g/mol. The van der Waals surface area contributed by atoms with E-state index in [2.05, 4.69) is 24.1 Å². The molecule has 1 unspecified atom stereocenters. The lowest BCUT2D eigenvalue weighted by Crippen LogP contribution is -2.32. The van der Waals surface area contributed by atoms with Crippen LogP contribution in [0.25, 0.3) is 0 Å². The zero-order valence-corrected chi connectivity index (χ0v) is 11.9. The van der Waals surface area contributed by atoms with Crippen molar-refractivity contribution < 1.29 is 4.39 Å². The highest BCUT2D eigenvalue weighted by Crippen LogP contribution is 2.20. The lowest BCUT2D eigenvalue weighted by molar-refractivity contribution is 0.255. The fraction of sp³-hybridized carbons (Fsp3) is 0.600. The third-order valence-electron chi connectivity index (χ3n) is 3.21. The van der Waals surface area contributed by atoms with Crippen LogP contribution in [0, 0.1) is 11.7 Å². The fourth-order valence-electron chi connectivity index (χ4n) is 1.89. The molecule has 18 heavy (non-hydrogen) atoms. The molecule has 0 bridgehead atoms. The van der Waals surface area contributed by atoms with Crippen molar-refractivity contribution in [2.24, 2.45) is 5.92 Å². The van der Waals surface area contributed by atoms with E-state index in [1.165, 1.54) is 6.07 Å². The van der Waals surface area contributed by atoms with Gasteiger partial charge < -0.3 is 5.32 Å². The first-order chi connectivity index (χ1) is 8.52. The van der Waals surface area contributed by atoms with Crippen LogP contribution in [0.4, 0.5) is 4.39 Å². The Labute approximate surface area is 110 Å². The van der Waals surface area contributed by atoms with E-state index in [4.69, 9.17) is 0 Å². The maximum atomic E-state index is 13.7. The van der Waals surface area contributed by atoms with Gasteiger partial charge in [0.15, 0.2) is 0 Å². The van der Waals surface area contributed by atoms with E-state index in [0.29, 0.717) is 5.92 Å². The highest BCUT2D eigenvalue weighted by molar-refractivity contribution is 5.20. The molecule has 0 radical (unpaired) electrons. The molecule has 0 saturated heterocycles. The molecule has 3 heteroatoms. The highest BCUT2D eigenvalue weighted by Gasteiger charge is 2.14. The van der Waals surface area contributed by atoms with Gasteiger partial charge in [-0.15, -0.1) is 0 Å². The van der Waals surface area contributed by atoms with Crippen LogP contribution >= 0.6 is 0 Å². The molecule has 1 N–H and O–H groups in total. The van der Waals surface area contributed by atoms with Crippen molar-refractivity contribution in [3.63, 3.8) is 0 Å². The summed E-state index contributed by atoms with van der Waals surface area (Å²) in [5.74, 6) is 0.547. The summed E-state index contributed by atoms with van der Waals surface area (Å²) in [7, 11) is 2.04. The zero-order chi connectivity index (χ0) is 13.5. The molecule has 2 nitrogen and oxygen atoms in total. The van der Waals surface area contributed by atoms with Crippen LogP contribution in [0.3, 0.4) is 0 Å². The van der Waals surface area contributed by atoms with Crippen molar-refractivity contribution in [2.75, 3.05) is 26.7 Å². The molecule has 0 heterocycles. The molecule has 1 aromatic carbocycles. The molecule has 0 aliphatic rings. The van der Waals surface area contributed by atoms with Crippen LogP contribution in [0.1, 0.15) is 32.4 Å². The summed E-state index contributed by atoms with van der Waals surface area (Å²) in [6.07, 6.45) is 0. The van der Waals surface area contributed by atoms with Crippen molar-refractivity contribution in [3.05, 3.63) is 35.6 Å². The molecule has 1 rings (SSSR count). The van der Waals surface area contributed by atoms with Crippen molar-refractivity contribution in [1.29, 1.82) is 0 Å². The quantitative estimate of drug-likeness (QED) is 0.750. The Morgan fingerprint density at radius 3 is 2.50 bits per heavy atom. The number of halogens is 1. The smallest absolute Gasteiger partial charge is 0.127 e. The van der Waals surface area contributed by atoms with E-state index >= 15 is 0 Å². The fourth-order valence-corrected chi connectivity index (χ4v) is 1.89. The van der Waals surface area contributed by atoms with Crippen LogP contribution in [-0.4, -0.2) is 31.6 Å². The number of rotatable bonds is 7. The average Bonchev–Trinajstić information content (AvgIpc) is 2.34. The SMILES string of the molecule is CC(C)CNCCN(C)C(C)c1ccccc1F. The number of hydrogen-bond acceptors (Lipinski definition) is 2. The predicted molar refractivity (Wildman–Crippen MR) is 75.2 cm³/mol. The largest absolute Gasteiger partial charge is 0.315 e. The molecule has 1 aromatic rings. The Bertz CT molecular complexity index is 352. The second kappa shape index (κ2) is 7.49. The summed E-state index contributed by atoms with van der Waals surface area (Å²) < 4.78 is 13.7. The molecule has 0 fully saturated rings. The van der Waals surface area contributed by atoms with E-state index in [0.717, 1.165) is 25.2 Å². The highest BCUT2D eigenvalue weighted by atomic mass is 19.1. The lowest BCUT2D eigenvalue weighted by Gasteiger charge is -2.25. The van der Waals surface area contributed by atoms with E-state index in [1.807, 2.05) is 26.1 Å². The van der Waals surface area contributed by atoms with Gasteiger partial charge in [-0.2, -0.15) is 0 Å². The van der Waals surface area contributed by atoms with E-state index in [-0.39, 0.29) is 11.9 Å². The summed E-state index contributed by atoms with van der Waals surface area (Å²) in [5, 5.41) is 3.40. The maximum absolute atomic E-state index is 13.7. The van der Waals surface area contributed by atoms with Gasteiger partial charge in [-0.3, -0.25) is 4.90 Å². The van der Waals surface area contributed by atoms with Gasteiger partial charge in [0.2, 0.25) is 0 Å². The molecule has 0 saturated carbocycles. The molecule has 0 aliphatic heterocycles. The van der Waals surface area contributed by atoms with Crippen LogP contribution in [0.2, 0.25) is 0 Å². The molecule has 1 atom stereocenters. The second-order valence-corrected chi connectivity index (χ2v) is 5.28. The number of nitrogens with one attached hydrogen (secondary N) is 1. The lowest BCUT2D eigenvalue weighted by atomic mass is 10.1. The van der Waals surface area contributed by atoms with Crippen molar-refractivity contribution in [1.82, 2.24) is 10.2 Å². The Kier molecular flexibility index (Phi) is 6.30. The average molecular weight is 252 g/mol. The molecule has 0 amide bonds. The van der Waals surface area contributed by atoms with E-state index < -0.39 is 0 Å².